The molecule has 2 bridgehead atoms. The van der Waals surface area contributed by atoms with Gasteiger partial charge in [-0.2, -0.15) is 0 Å². The summed E-state index contributed by atoms with van der Waals surface area (Å²) >= 11 is 0. The molecule has 1 amide bonds. The molecule has 0 unspecified atom stereocenters. The summed E-state index contributed by atoms with van der Waals surface area (Å²) in [6, 6.07) is 4.35. The molecule has 4 heterocycles. The van der Waals surface area contributed by atoms with Gasteiger partial charge in [0.1, 0.15) is 5.56 Å². The Bertz CT molecular complexity index is 952. The number of hydrogen-bond donors (Lipinski definition) is 0. The lowest BCUT2D eigenvalue weighted by Crippen LogP contribution is -2.53. The Hall–Kier alpha value is -1.67. The predicted octanol–water partition coefficient (Wildman–Crippen LogP) is 0.691. The van der Waals surface area contributed by atoms with Crippen molar-refractivity contribution in [3.63, 3.8) is 0 Å². The van der Waals surface area contributed by atoms with Crippen LogP contribution < -0.4 is 5.56 Å². The molecule has 1 aromatic rings. The van der Waals surface area contributed by atoms with E-state index in [1.54, 1.807) is 6.07 Å². The fraction of sp³-hybridized carbons (Fsp3) is 0.700. The molecular weight excluding hydrogens is 378 g/mol. The number of hydrogen-bond acceptors (Lipinski definition) is 5. The molecule has 152 valence electrons. The zero-order valence-electron chi connectivity index (χ0n) is 16.0. The summed E-state index contributed by atoms with van der Waals surface area (Å²) in [6.45, 7) is 3.09. The third-order valence-corrected chi connectivity index (χ3v) is 8.69. The number of piperidine rings is 1. The van der Waals surface area contributed by atoms with Crippen LogP contribution in [0.5, 0.6) is 0 Å². The highest BCUT2D eigenvalue weighted by molar-refractivity contribution is 7.91. The summed E-state index contributed by atoms with van der Waals surface area (Å²) in [6.07, 6.45) is 5.05. The molecule has 1 aromatic heterocycles. The van der Waals surface area contributed by atoms with E-state index in [1.807, 2.05) is 10.6 Å². The normalized spacial score (nSPS) is 29.8. The summed E-state index contributed by atoms with van der Waals surface area (Å²) in [5.41, 5.74) is 1.03. The largest absolute Gasteiger partial charge is 0.336 e. The van der Waals surface area contributed by atoms with Crippen LogP contribution in [0.1, 0.15) is 47.7 Å². The minimum atomic E-state index is -3.06. The van der Waals surface area contributed by atoms with E-state index in [2.05, 4.69) is 4.90 Å². The Kier molecular flexibility index (Phi) is 4.39. The van der Waals surface area contributed by atoms with Crippen LogP contribution in [0, 0.1) is 5.92 Å². The number of pyridine rings is 1. The number of likely N-dealkylation sites (tertiary alicyclic amines) is 1. The maximum Gasteiger partial charge on any atom is 0.263 e. The van der Waals surface area contributed by atoms with Gasteiger partial charge in [0.15, 0.2) is 9.84 Å². The van der Waals surface area contributed by atoms with Crippen molar-refractivity contribution < 1.29 is 13.2 Å². The number of sulfone groups is 1. The smallest absolute Gasteiger partial charge is 0.263 e. The van der Waals surface area contributed by atoms with Gasteiger partial charge in [0.25, 0.3) is 11.5 Å². The van der Waals surface area contributed by atoms with E-state index in [9.17, 15) is 18.0 Å². The third-order valence-electron chi connectivity index (χ3n) is 7.09. The van der Waals surface area contributed by atoms with Crippen molar-refractivity contribution in [1.82, 2.24) is 14.4 Å². The summed E-state index contributed by atoms with van der Waals surface area (Å²) in [7, 11) is -3.06. The van der Waals surface area contributed by atoms with Crippen LogP contribution in [0.25, 0.3) is 0 Å². The highest BCUT2D eigenvalue weighted by Gasteiger charge is 2.39. The van der Waals surface area contributed by atoms with Crippen molar-refractivity contribution in [2.24, 2.45) is 5.92 Å². The molecule has 4 aliphatic rings. The van der Waals surface area contributed by atoms with Crippen LogP contribution in [-0.4, -0.2) is 72.4 Å². The monoisotopic (exact) mass is 405 g/mol. The third kappa shape index (κ3) is 3.10. The second-order valence-electron chi connectivity index (χ2n) is 8.87. The number of carbonyl (C=O) groups excluding carboxylic acids is 1. The van der Waals surface area contributed by atoms with Gasteiger partial charge in [0.05, 0.1) is 11.5 Å². The Balaban J connectivity index is 1.40. The number of aromatic nitrogens is 1. The van der Waals surface area contributed by atoms with E-state index in [1.165, 1.54) is 24.2 Å². The van der Waals surface area contributed by atoms with Gasteiger partial charge in [-0.05, 0) is 37.3 Å². The highest BCUT2D eigenvalue weighted by atomic mass is 32.2. The molecule has 3 aliphatic heterocycles. The number of amides is 1. The van der Waals surface area contributed by atoms with E-state index < -0.39 is 9.84 Å². The minimum Gasteiger partial charge on any atom is -0.336 e. The van der Waals surface area contributed by atoms with Crippen LogP contribution in [0.2, 0.25) is 0 Å². The van der Waals surface area contributed by atoms with Crippen LogP contribution in [0.15, 0.2) is 16.9 Å². The molecule has 28 heavy (non-hydrogen) atoms. The average Bonchev–Trinajstić information content (AvgIpc) is 2.61. The van der Waals surface area contributed by atoms with Gasteiger partial charge in [-0.25, -0.2) is 8.42 Å². The van der Waals surface area contributed by atoms with Gasteiger partial charge in [-0.15, -0.1) is 0 Å². The van der Waals surface area contributed by atoms with Gasteiger partial charge in [-0.3, -0.25) is 14.5 Å². The maximum absolute atomic E-state index is 13.1. The van der Waals surface area contributed by atoms with E-state index >= 15 is 0 Å². The average molecular weight is 406 g/mol. The fourth-order valence-electron chi connectivity index (χ4n) is 5.28. The molecule has 0 aromatic carbocycles. The Morgan fingerprint density at radius 2 is 1.79 bits per heavy atom. The standard InChI is InChI=1S/C20H27N3O4S/c24-19(21-6-8-28(26,27)9-7-21)17-4-5-18-15-10-14(12-23(18)20(17)25)11-22(13-15)16-2-1-3-16/h4-5,14-16H,1-3,6-13H2/t14-,15+/m0/s1. The molecule has 5 rings (SSSR count). The maximum atomic E-state index is 13.1. The molecule has 0 radical (unpaired) electrons. The number of rotatable bonds is 2. The van der Waals surface area contributed by atoms with E-state index in [0.717, 1.165) is 31.2 Å². The molecule has 0 N–H and O–H groups in total. The summed E-state index contributed by atoms with van der Waals surface area (Å²) < 4.78 is 25.1. The van der Waals surface area contributed by atoms with Crippen LogP contribution in [0.4, 0.5) is 0 Å². The number of carbonyl (C=O) groups is 1. The van der Waals surface area contributed by atoms with Crippen LogP contribution in [0.3, 0.4) is 0 Å². The Labute approximate surface area is 165 Å². The molecule has 7 nitrogen and oxygen atoms in total. The Morgan fingerprint density at radius 1 is 1.04 bits per heavy atom. The van der Waals surface area contributed by atoms with Crippen LogP contribution >= 0.6 is 0 Å². The zero-order valence-corrected chi connectivity index (χ0v) is 16.9. The summed E-state index contributed by atoms with van der Waals surface area (Å²) in [5, 5.41) is 0. The SMILES string of the molecule is O=C(c1ccc2n(c1=O)C[C@H]1C[C@@H]2CN(C2CCC2)C1)N1CCS(=O)(=O)CC1. The van der Waals surface area contributed by atoms with Crippen molar-refractivity contribution in [3.05, 3.63) is 33.7 Å². The van der Waals surface area contributed by atoms with Crippen molar-refractivity contribution in [1.29, 1.82) is 0 Å². The zero-order chi connectivity index (χ0) is 19.5. The molecule has 1 saturated carbocycles. The Morgan fingerprint density at radius 3 is 2.46 bits per heavy atom. The summed E-state index contributed by atoms with van der Waals surface area (Å²) in [4.78, 5) is 30.1. The lowest BCUT2D eigenvalue weighted by atomic mass is 9.80. The van der Waals surface area contributed by atoms with Crippen molar-refractivity contribution in [2.45, 2.75) is 44.2 Å². The lowest BCUT2D eigenvalue weighted by Gasteiger charge is -2.48. The first-order valence-corrected chi connectivity index (χ1v) is 12.2. The van der Waals surface area contributed by atoms with Crippen molar-refractivity contribution >= 4 is 15.7 Å². The number of nitrogens with zero attached hydrogens (tertiary/aromatic N) is 3. The molecule has 3 fully saturated rings. The van der Waals surface area contributed by atoms with Gasteiger partial charge in [-0.1, -0.05) is 6.42 Å². The lowest BCUT2D eigenvalue weighted by molar-refractivity contribution is 0.0474. The second kappa shape index (κ2) is 6.69. The van der Waals surface area contributed by atoms with E-state index in [-0.39, 0.29) is 41.6 Å². The van der Waals surface area contributed by atoms with Crippen molar-refractivity contribution in [3.8, 4) is 0 Å². The molecule has 2 saturated heterocycles. The first-order valence-electron chi connectivity index (χ1n) is 10.4. The van der Waals surface area contributed by atoms with Crippen LogP contribution in [-0.2, 0) is 16.4 Å². The topological polar surface area (TPSA) is 79.7 Å². The van der Waals surface area contributed by atoms with Gasteiger partial charge < -0.3 is 9.47 Å². The van der Waals surface area contributed by atoms with Gasteiger partial charge >= 0.3 is 0 Å². The predicted molar refractivity (Wildman–Crippen MR) is 105 cm³/mol. The quantitative estimate of drug-likeness (QED) is 0.723. The van der Waals surface area contributed by atoms with E-state index in [4.69, 9.17) is 0 Å². The second-order valence-corrected chi connectivity index (χ2v) is 11.2. The highest BCUT2D eigenvalue weighted by Crippen LogP contribution is 2.38. The van der Waals surface area contributed by atoms with Crippen molar-refractivity contribution in [2.75, 3.05) is 37.7 Å². The van der Waals surface area contributed by atoms with Gasteiger partial charge in [0, 0.05) is 50.4 Å². The van der Waals surface area contributed by atoms with Gasteiger partial charge in [0.2, 0.25) is 0 Å². The molecule has 2 atom stereocenters. The minimum absolute atomic E-state index is 0.0217. The number of fused-ring (bicyclic) bond motifs is 4. The van der Waals surface area contributed by atoms with E-state index in [0.29, 0.717) is 18.4 Å². The molecule has 0 spiro atoms. The molecular formula is C20H27N3O4S. The molecule has 1 aliphatic carbocycles. The first-order chi connectivity index (χ1) is 13.4. The summed E-state index contributed by atoms with van der Waals surface area (Å²) in [5.74, 6) is 0.459. The molecule has 8 heteroatoms. The fourth-order valence-corrected chi connectivity index (χ4v) is 6.48. The first kappa shape index (κ1) is 18.4.